The molecule has 6 heteroatoms. The number of aliphatic hydroxyl groups is 1. The van der Waals surface area contributed by atoms with E-state index in [0.29, 0.717) is 17.1 Å². The number of hydrogen-bond donors (Lipinski definition) is 2. The zero-order valence-corrected chi connectivity index (χ0v) is 12.0. The van der Waals surface area contributed by atoms with E-state index in [-0.39, 0.29) is 5.02 Å². The molecule has 2 aromatic rings. The molecule has 2 N–H and O–H groups in total. The first-order valence-corrected chi connectivity index (χ1v) is 6.74. The van der Waals surface area contributed by atoms with Crippen LogP contribution in [0.25, 0.3) is 0 Å². The van der Waals surface area contributed by atoms with E-state index in [1.165, 1.54) is 12.1 Å². The van der Waals surface area contributed by atoms with Crippen LogP contribution in [-0.2, 0) is 0 Å². The Morgan fingerprint density at radius 3 is 2.67 bits per heavy atom. The summed E-state index contributed by atoms with van der Waals surface area (Å²) in [5.74, 6) is -0.108. The van der Waals surface area contributed by atoms with E-state index in [0.717, 1.165) is 5.69 Å². The largest absolute Gasteiger partial charge is 0.356 e. The van der Waals surface area contributed by atoms with Crippen molar-refractivity contribution in [2.45, 2.75) is 6.35 Å². The van der Waals surface area contributed by atoms with Crippen LogP contribution < -0.4 is 10.2 Å². The number of rotatable bonds is 1. The number of para-hydroxylation sites is 1. The second-order valence-corrected chi connectivity index (χ2v) is 4.99. The lowest BCUT2D eigenvalue weighted by Gasteiger charge is -2.37. The van der Waals surface area contributed by atoms with Crippen molar-refractivity contribution in [3.05, 3.63) is 58.9 Å². The standard InChI is InChI=1S/C15H13ClFN3O/c1-18-14-10-7-12(17)11(16)8-13(10)20(15(21)19-14)9-5-3-2-4-6-9/h2-8,15,21H,1H3,(H,18,19). The lowest BCUT2D eigenvalue weighted by atomic mass is 10.1. The van der Waals surface area contributed by atoms with E-state index in [9.17, 15) is 9.50 Å². The average molecular weight is 306 g/mol. The second-order valence-electron chi connectivity index (χ2n) is 4.58. The first-order valence-electron chi connectivity index (χ1n) is 6.37. The molecule has 2 aromatic carbocycles. The zero-order chi connectivity index (χ0) is 15.0. The fraction of sp³-hybridized carbons (Fsp3) is 0.133. The van der Waals surface area contributed by atoms with Crippen LogP contribution in [0.2, 0.25) is 5.02 Å². The van der Waals surface area contributed by atoms with Gasteiger partial charge >= 0.3 is 0 Å². The van der Waals surface area contributed by atoms with Gasteiger partial charge in [0, 0.05) is 18.3 Å². The van der Waals surface area contributed by atoms with Gasteiger partial charge in [0.2, 0.25) is 6.35 Å². The third kappa shape index (κ3) is 2.34. The summed E-state index contributed by atoms with van der Waals surface area (Å²) >= 11 is 5.89. The number of aliphatic imine (C=N–C) groups is 1. The van der Waals surface area contributed by atoms with Gasteiger partial charge in [-0.15, -0.1) is 0 Å². The van der Waals surface area contributed by atoms with E-state index < -0.39 is 12.2 Å². The van der Waals surface area contributed by atoms with Gasteiger partial charge in [-0.3, -0.25) is 9.89 Å². The van der Waals surface area contributed by atoms with E-state index >= 15 is 0 Å². The van der Waals surface area contributed by atoms with Gasteiger partial charge in [-0.05, 0) is 24.3 Å². The van der Waals surface area contributed by atoms with Gasteiger partial charge in [-0.1, -0.05) is 29.8 Å². The Morgan fingerprint density at radius 1 is 1.29 bits per heavy atom. The quantitative estimate of drug-likeness (QED) is 0.852. The van der Waals surface area contributed by atoms with Crippen LogP contribution in [-0.4, -0.2) is 24.3 Å². The van der Waals surface area contributed by atoms with Crippen molar-refractivity contribution in [3.8, 4) is 0 Å². The predicted octanol–water partition coefficient (Wildman–Crippen LogP) is 2.87. The first-order chi connectivity index (χ1) is 10.1. The SMILES string of the molecule is CN=C1NC(O)N(c2ccccc2)c2cc(Cl)c(F)cc21. The van der Waals surface area contributed by atoms with Crippen molar-refractivity contribution in [2.75, 3.05) is 11.9 Å². The summed E-state index contributed by atoms with van der Waals surface area (Å²) in [6.07, 6.45) is -1.01. The first kappa shape index (κ1) is 13.9. The van der Waals surface area contributed by atoms with Crippen LogP contribution in [0, 0.1) is 5.82 Å². The van der Waals surface area contributed by atoms with Crippen LogP contribution in [0.3, 0.4) is 0 Å². The number of fused-ring (bicyclic) bond motifs is 1. The van der Waals surface area contributed by atoms with Gasteiger partial charge in [0.25, 0.3) is 0 Å². The molecule has 21 heavy (non-hydrogen) atoms. The lowest BCUT2D eigenvalue weighted by Crippen LogP contribution is -2.51. The van der Waals surface area contributed by atoms with Gasteiger partial charge in [-0.2, -0.15) is 0 Å². The van der Waals surface area contributed by atoms with Crippen molar-refractivity contribution >= 4 is 28.8 Å². The summed E-state index contributed by atoms with van der Waals surface area (Å²) in [6, 6.07) is 12.1. The minimum absolute atomic E-state index is 0.000709. The maximum absolute atomic E-state index is 13.7. The summed E-state index contributed by atoms with van der Waals surface area (Å²) in [7, 11) is 1.57. The molecule has 0 amide bonds. The molecule has 1 aliphatic heterocycles. The Balaban J connectivity index is 2.22. The number of halogens is 2. The van der Waals surface area contributed by atoms with Crippen LogP contribution in [0.1, 0.15) is 5.56 Å². The molecule has 0 fully saturated rings. The molecule has 1 unspecified atom stereocenters. The number of aliphatic hydroxyl groups excluding tert-OH is 1. The van der Waals surface area contributed by atoms with E-state index in [1.807, 2.05) is 30.3 Å². The molecule has 0 saturated heterocycles. The predicted molar refractivity (Wildman–Crippen MR) is 81.6 cm³/mol. The zero-order valence-electron chi connectivity index (χ0n) is 11.2. The maximum Gasteiger partial charge on any atom is 0.210 e. The number of nitrogens with one attached hydrogen (secondary N) is 1. The molecule has 1 heterocycles. The Kier molecular flexibility index (Phi) is 3.53. The number of benzene rings is 2. The van der Waals surface area contributed by atoms with Gasteiger partial charge < -0.3 is 10.4 Å². The number of hydrogen-bond acceptors (Lipinski definition) is 3. The van der Waals surface area contributed by atoms with Gasteiger partial charge in [0.05, 0.1) is 10.7 Å². The highest BCUT2D eigenvalue weighted by atomic mass is 35.5. The van der Waals surface area contributed by atoms with E-state index in [4.69, 9.17) is 11.6 Å². The molecule has 1 aliphatic rings. The molecule has 0 saturated carbocycles. The fourth-order valence-corrected chi connectivity index (χ4v) is 2.53. The summed E-state index contributed by atoms with van der Waals surface area (Å²) < 4.78 is 13.7. The molecule has 1 atom stereocenters. The van der Waals surface area contributed by atoms with Gasteiger partial charge in [0.1, 0.15) is 11.7 Å². The average Bonchev–Trinajstić information content (AvgIpc) is 2.49. The van der Waals surface area contributed by atoms with E-state index in [2.05, 4.69) is 10.3 Å². The molecule has 0 spiro atoms. The highest BCUT2D eigenvalue weighted by molar-refractivity contribution is 6.31. The van der Waals surface area contributed by atoms with Crippen LogP contribution in [0.4, 0.5) is 15.8 Å². The summed E-state index contributed by atoms with van der Waals surface area (Å²) in [5.41, 5.74) is 1.91. The number of nitrogens with zero attached hydrogens (tertiary/aromatic N) is 2. The smallest absolute Gasteiger partial charge is 0.210 e. The Bertz CT molecular complexity index is 706. The minimum atomic E-state index is -1.01. The Morgan fingerprint density at radius 2 is 2.00 bits per heavy atom. The van der Waals surface area contributed by atoms with Crippen LogP contribution >= 0.6 is 11.6 Å². The maximum atomic E-state index is 13.7. The molecule has 0 aromatic heterocycles. The van der Waals surface area contributed by atoms with Crippen LogP contribution in [0.15, 0.2) is 47.5 Å². The van der Waals surface area contributed by atoms with Crippen LogP contribution in [0.5, 0.6) is 0 Å². The molecule has 0 bridgehead atoms. The molecule has 0 aliphatic carbocycles. The third-order valence-corrected chi connectivity index (χ3v) is 3.61. The molecular formula is C15H13ClFN3O. The highest BCUT2D eigenvalue weighted by Gasteiger charge is 2.30. The van der Waals surface area contributed by atoms with E-state index in [1.54, 1.807) is 11.9 Å². The highest BCUT2D eigenvalue weighted by Crippen LogP contribution is 2.36. The van der Waals surface area contributed by atoms with Gasteiger partial charge in [-0.25, -0.2) is 4.39 Å². The minimum Gasteiger partial charge on any atom is -0.356 e. The number of anilines is 2. The van der Waals surface area contributed by atoms with Crippen molar-refractivity contribution < 1.29 is 9.50 Å². The normalized spacial score (nSPS) is 19.3. The number of amidine groups is 1. The fourth-order valence-electron chi connectivity index (χ4n) is 2.38. The van der Waals surface area contributed by atoms with Crippen molar-refractivity contribution in [1.82, 2.24) is 5.32 Å². The Labute approximate surface area is 126 Å². The molecule has 108 valence electrons. The molecule has 4 nitrogen and oxygen atoms in total. The lowest BCUT2D eigenvalue weighted by molar-refractivity contribution is 0.164. The van der Waals surface area contributed by atoms with Crippen molar-refractivity contribution in [2.24, 2.45) is 4.99 Å². The molecule has 3 rings (SSSR count). The molecule has 0 radical (unpaired) electrons. The summed E-state index contributed by atoms with van der Waals surface area (Å²) in [5, 5.41) is 13.2. The molecular weight excluding hydrogens is 293 g/mol. The second kappa shape index (κ2) is 5.35. The monoisotopic (exact) mass is 305 g/mol. The van der Waals surface area contributed by atoms with Crippen molar-refractivity contribution in [3.63, 3.8) is 0 Å². The topological polar surface area (TPSA) is 47.9 Å². The van der Waals surface area contributed by atoms with Gasteiger partial charge in [0.15, 0.2) is 0 Å². The summed E-state index contributed by atoms with van der Waals surface area (Å²) in [4.78, 5) is 5.68. The third-order valence-electron chi connectivity index (χ3n) is 3.32. The summed E-state index contributed by atoms with van der Waals surface area (Å²) in [6.45, 7) is 0. The Hall–Kier alpha value is -2.11. The van der Waals surface area contributed by atoms with Crippen molar-refractivity contribution in [1.29, 1.82) is 0 Å².